The van der Waals surface area contributed by atoms with E-state index in [4.69, 9.17) is 9.47 Å². The molecule has 2 saturated heterocycles. The third kappa shape index (κ3) is 2.63. The maximum atomic E-state index is 5.87. The van der Waals surface area contributed by atoms with Gasteiger partial charge in [0, 0.05) is 44.2 Å². The summed E-state index contributed by atoms with van der Waals surface area (Å²) in [5, 5.41) is 3.86. The van der Waals surface area contributed by atoms with Crippen molar-refractivity contribution >= 4 is 0 Å². The van der Waals surface area contributed by atoms with Crippen molar-refractivity contribution in [2.24, 2.45) is 17.3 Å². The first kappa shape index (κ1) is 14.8. The average Bonchev–Trinajstić information content (AvgIpc) is 3.04. The van der Waals surface area contributed by atoms with Crippen molar-refractivity contribution in [3.63, 3.8) is 0 Å². The van der Waals surface area contributed by atoms with E-state index in [0.717, 1.165) is 31.6 Å². The van der Waals surface area contributed by atoms with Crippen LogP contribution in [-0.4, -0.2) is 63.5 Å². The Morgan fingerprint density at radius 2 is 2.20 bits per heavy atom. The smallest absolute Gasteiger partial charge is 0.0685 e. The molecule has 3 fully saturated rings. The molecule has 0 aromatic carbocycles. The van der Waals surface area contributed by atoms with E-state index in [1.165, 1.54) is 32.5 Å². The molecule has 20 heavy (non-hydrogen) atoms. The normalized spacial score (nSPS) is 39.8. The van der Waals surface area contributed by atoms with Gasteiger partial charge in [-0.2, -0.15) is 0 Å². The fourth-order valence-corrected chi connectivity index (χ4v) is 4.54. The molecule has 0 aromatic heterocycles. The number of fused-ring (bicyclic) bond motifs is 1. The lowest BCUT2D eigenvalue weighted by Crippen LogP contribution is -2.66. The predicted molar refractivity (Wildman–Crippen MR) is 79.8 cm³/mol. The molecule has 1 aliphatic carbocycles. The number of likely N-dealkylation sites (tertiary alicyclic amines) is 1. The van der Waals surface area contributed by atoms with Gasteiger partial charge in [0.2, 0.25) is 0 Å². The highest BCUT2D eigenvalue weighted by atomic mass is 16.5. The Morgan fingerprint density at radius 1 is 1.35 bits per heavy atom. The molecule has 4 heteroatoms. The van der Waals surface area contributed by atoms with Crippen molar-refractivity contribution in [3.8, 4) is 0 Å². The number of nitrogens with zero attached hydrogens (tertiary/aromatic N) is 1. The van der Waals surface area contributed by atoms with Crippen molar-refractivity contribution in [2.45, 2.75) is 38.8 Å². The monoisotopic (exact) mass is 282 g/mol. The van der Waals surface area contributed by atoms with Gasteiger partial charge in [-0.1, -0.05) is 13.8 Å². The van der Waals surface area contributed by atoms with E-state index in [2.05, 4.69) is 24.1 Å². The first-order valence-corrected chi connectivity index (χ1v) is 8.19. The zero-order valence-corrected chi connectivity index (χ0v) is 13.2. The summed E-state index contributed by atoms with van der Waals surface area (Å²) in [5.41, 5.74) is 0.315. The van der Waals surface area contributed by atoms with E-state index in [1.54, 1.807) is 7.11 Å². The van der Waals surface area contributed by atoms with Crippen LogP contribution in [0.4, 0.5) is 0 Å². The Hall–Kier alpha value is -0.160. The van der Waals surface area contributed by atoms with Gasteiger partial charge in [-0.15, -0.1) is 0 Å². The molecule has 0 unspecified atom stereocenters. The summed E-state index contributed by atoms with van der Waals surface area (Å²) < 4.78 is 11.0. The van der Waals surface area contributed by atoms with Gasteiger partial charge in [-0.25, -0.2) is 0 Å². The topological polar surface area (TPSA) is 33.7 Å². The van der Waals surface area contributed by atoms with Crippen LogP contribution >= 0.6 is 0 Å². The predicted octanol–water partition coefficient (Wildman–Crippen LogP) is 1.36. The zero-order valence-electron chi connectivity index (χ0n) is 13.2. The van der Waals surface area contributed by atoms with Crippen LogP contribution in [0.25, 0.3) is 0 Å². The van der Waals surface area contributed by atoms with Crippen molar-refractivity contribution in [1.29, 1.82) is 0 Å². The van der Waals surface area contributed by atoms with Gasteiger partial charge < -0.3 is 19.7 Å². The minimum atomic E-state index is 0.315. The number of rotatable bonds is 6. The van der Waals surface area contributed by atoms with E-state index >= 15 is 0 Å². The van der Waals surface area contributed by atoms with Crippen LogP contribution in [0, 0.1) is 17.3 Å². The van der Waals surface area contributed by atoms with E-state index < -0.39 is 0 Å². The lowest BCUT2D eigenvalue weighted by Gasteiger charge is -2.55. The number of ether oxygens (including phenoxy) is 2. The van der Waals surface area contributed by atoms with Crippen LogP contribution in [0.3, 0.4) is 0 Å². The maximum absolute atomic E-state index is 5.87. The molecular weight excluding hydrogens is 252 g/mol. The SMILES string of the molecule is COCCN1CC[C@H](CN[C@@H]2[C@H]3CCO[C@H]3C2(C)C)C1. The van der Waals surface area contributed by atoms with E-state index in [-0.39, 0.29) is 0 Å². The molecule has 2 heterocycles. The second kappa shape index (κ2) is 5.91. The molecule has 0 aromatic rings. The Balaban J connectivity index is 1.42. The summed E-state index contributed by atoms with van der Waals surface area (Å²) in [5.74, 6) is 1.57. The van der Waals surface area contributed by atoms with Gasteiger partial charge in [0.25, 0.3) is 0 Å². The standard InChI is InChI=1S/C16H30N2O2/c1-16(2)14(13-5-8-20-15(13)16)17-10-12-4-6-18(11-12)7-9-19-3/h12-15,17H,4-11H2,1-3H3/t12-,13-,14-,15-/m1/s1. The largest absolute Gasteiger partial charge is 0.383 e. The highest BCUT2D eigenvalue weighted by Crippen LogP contribution is 2.52. The molecule has 4 nitrogen and oxygen atoms in total. The lowest BCUT2D eigenvalue weighted by atomic mass is 9.57. The zero-order chi connectivity index (χ0) is 14.2. The summed E-state index contributed by atoms with van der Waals surface area (Å²) in [6.45, 7) is 11.3. The van der Waals surface area contributed by atoms with Crippen LogP contribution in [0.5, 0.6) is 0 Å². The van der Waals surface area contributed by atoms with Crippen LogP contribution in [0.1, 0.15) is 26.7 Å². The van der Waals surface area contributed by atoms with E-state index in [0.29, 0.717) is 17.6 Å². The molecular formula is C16H30N2O2. The van der Waals surface area contributed by atoms with Crippen LogP contribution in [-0.2, 0) is 9.47 Å². The molecule has 3 aliphatic rings. The van der Waals surface area contributed by atoms with Gasteiger partial charge in [0.15, 0.2) is 0 Å². The highest BCUT2D eigenvalue weighted by Gasteiger charge is 2.58. The number of hydrogen-bond donors (Lipinski definition) is 1. The van der Waals surface area contributed by atoms with Gasteiger partial charge in [-0.3, -0.25) is 0 Å². The quantitative estimate of drug-likeness (QED) is 0.797. The van der Waals surface area contributed by atoms with Gasteiger partial charge in [0.1, 0.15) is 0 Å². The summed E-state index contributed by atoms with van der Waals surface area (Å²) in [6, 6.07) is 0.656. The Morgan fingerprint density at radius 3 is 3.00 bits per heavy atom. The fourth-order valence-electron chi connectivity index (χ4n) is 4.54. The first-order valence-electron chi connectivity index (χ1n) is 8.19. The molecule has 1 N–H and O–H groups in total. The molecule has 4 atom stereocenters. The van der Waals surface area contributed by atoms with Crippen LogP contribution in [0.2, 0.25) is 0 Å². The molecule has 1 saturated carbocycles. The van der Waals surface area contributed by atoms with Crippen molar-refractivity contribution in [3.05, 3.63) is 0 Å². The summed E-state index contributed by atoms with van der Waals surface area (Å²) in [6.07, 6.45) is 3.08. The molecule has 0 amide bonds. The molecule has 116 valence electrons. The number of methoxy groups -OCH3 is 1. The second-order valence-electron chi connectivity index (χ2n) is 7.40. The first-order chi connectivity index (χ1) is 9.63. The van der Waals surface area contributed by atoms with E-state index in [1.807, 2.05) is 0 Å². The summed E-state index contributed by atoms with van der Waals surface area (Å²) >= 11 is 0. The minimum absolute atomic E-state index is 0.315. The molecule has 0 radical (unpaired) electrons. The van der Waals surface area contributed by atoms with Gasteiger partial charge >= 0.3 is 0 Å². The van der Waals surface area contributed by atoms with Gasteiger partial charge in [0.05, 0.1) is 12.7 Å². The minimum Gasteiger partial charge on any atom is -0.383 e. The maximum Gasteiger partial charge on any atom is 0.0685 e. The average molecular weight is 282 g/mol. The van der Waals surface area contributed by atoms with Crippen LogP contribution < -0.4 is 5.32 Å². The fraction of sp³-hybridized carbons (Fsp3) is 1.00. The Bertz CT molecular complexity index is 334. The highest BCUT2D eigenvalue weighted by molar-refractivity contribution is 5.11. The summed E-state index contributed by atoms with van der Waals surface area (Å²) in [7, 11) is 1.79. The van der Waals surface area contributed by atoms with Crippen molar-refractivity contribution in [1.82, 2.24) is 10.2 Å². The number of nitrogens with one attached hydrogen (secondary N) is 1. The molecule has 0 spiro atoms. The molecule has 0 bridgehead atoms. The lowest BCUT2D eigenvalue weighted by molar-refractivity contribution is -0.113. The summed E-state index contributed by atoms with van der Waals surface area (Å²) in [4.78, 5) is 2.53. The number of hydrogen-bond acceptors (Lipinski definition) is 4. The van der Waals surface area contributed by atoms with Crippen molar-refractivity contribution in [2.75, 3.05) is 46.5 Å². The van der Waals surface area contributed by atoms with Crippen molar-refractivity contribution < 1.29 is 9.47 Å². The van der Waals surface area contributed by atoms with E-state index in [9.17, 15) is 0 Å². The molecule has 2 aliphatic heterocycles. The second-order valence-corrected chi connectivity index (χ2v) is 7.40. The van der Waals surface area contributed by atoms with Gasteiger partial charge in [-0.05, 0) is 31.8 Å². The third-order valence-corrected chi connectivity index (χ3v) is 5.71. The third-order valence-electron chi connectivity index (χ3n) is 5.71. The molecule has 3 rings (SSSR count). The Kier molecular flexibility index (Phi) is 4.37. The van der Waals surface area contributed by atoms with Crippen LogP contribution in [0.15, 0.2) is 0 Å². The Labute approximate surface area is 123 Å².